The highest BCUT2D eigenvalue weighted by atomic mass is 15.3. The fourth-order valence-corrected chi connectivity index (χ4v) is 4.39. The van der Waals surface area contributed by atoms with E-state index in [4.69, 9.17) is 4.98 Å². The third-order valence-electron chi connectivity index (χ3n) is 6.04. The molecule has 0 saturated carbocycles. The fraction of sp³-hybridized carbons (Fsp3) is 0.348. The van der Waals surface area contributed by atoms with Gasteiger partial charge < -0.3 is 9.80 Å². The van der Waals surface area contributed by atoms with Crippen molar-refractivity contribution < 1.29 is 0 Å². The summed E-state index contributed by atoms with van der Waals surface area (Å²) in [5, 5.41) is 5.76. The molecule has 4 heterocycles. The molecule has 1 aromatic carbocycles. The summed E-state index contributed by atoms with van der Waals surface area (Å²) in [6, 6.07) is 11.0. The number of para-hydroxylation sites is 1. The molecule has 6 heteroatoms. The van der Waals surface area contributed by atoms with Crippen molar-refractivity contribution in [2.75, 3.05) is 32.1 Å². The zero-order valence-electron chi connectivity index (χ0n) is 17.2. The van der Waals surface area contributed by atoms with Crippen LogP contribution in [-0.2, 0) is 0 Å². The van der Waals surface area contributed by atoms with Crippen LogP contribution in [-0.4, -0.2) is 57.7 Å². The van der Waals surface area contributed by atoms with Gasteiger partial charge in [0, 0.05) is 35.8 Å². The maximum atomic E-state index is 4.81. The Hall–Kier alpha value is -2.99. The van der Waals surface area contributed by atoms with E-state index in [0.29, 0.717) is 6.04 Å². The lowest BCUT2D eigenvalue weighted by Crippen LogP contribution is -2.42. The molecule has 1 aliphatic rings. The average Bonchev–Trinajstić information content (AvgIpc) is 3.16. The summed E-state index contributed by atoms with van der Waals surface area (Å²) in [7, 11) is 4.34. The van der Waals surface area contributed by atoms with Crippen LogP contribution in [0.15, 0.2) is 48.9 Å². The predicted molar refractivity (Wildman–Crippen MR) is 117 cm³/mol. The van der Waals surface area contributed by atoms with Crippen LogP contribution < -0.4 is 4.90 Å². The second-order valence-corrected chi connectivity index (χ2v) is 8.15. The quantitative estimate of drug-likeness (QED) is 0.536. The molecule has 1 aliphatic heterocycles. The minimum Gasteiger partial charge on any atom is -0.369 e. The molecule has 0 radical (unpaired) electrons. The van der Waals surface area contributed by atoms with E-state index < -0.39 is 0 Å². The first kappa shape index (κ1) is 18.1. The van der Waals surface area contributed by atoms with Crippen LogP contribution in [0.1, 0.15) is 18.5 Å². The molecule has 3 aromatic heterocycles. The Bertz CT molecular complexity index is 1170. The van der Waals surface area contributed by atoms with Gasteiger partial charge in [-0.1, -0.05) is 18.2 Å². The van der Waals surface area contributed by atoms with Gasteiger partial charge in [-0.25, -0.2) is 9.50 Å². The number of rotatable bonds is 3. The topological polar surface area (TPSA) is 49.6 Å². The van der Waals surface area contributed by atoms with Crippen molar-refractivity contribution in [3.05, 3.63) is 54.6 Å². The number of aromatic nitrogens is 4. The summed E-state index contributed by atoms with van der Waals surface area (Å²) < 4.78 is 1.91. The van der Waals surface area contributed by atoms with Crippen LogP contribution >= 0.6 is 0 Å². The van der Waals surface area contributed by atoms with E-state index in [1.165, 1.54) is 12.8 Å². The zero-order chi connectivity index (χ0) is 20.0. The molecule has 5 rings (SSSR count). The summed E-state index contributed by atoms with van der Waals surface area (Å²) >= 11 is 0. The summed E-state index contributed by atoms with van der Waals surface area (Å²) in [4.78, 5) is 14.2. The molecule has 0 N–H and O–H groups in total. The Morgan fingerprint density at radius 2 is 1.83 bits per heavy atom. The van der Waals surface area contributed by atoms with Gasteiger partial charge in [0.15, 0.2) is 5.65 Å². The van der Waals surface area contributed by atoms with Gasteiger partial charge in [-0.3, -0.25) is 4.98 Å². The largest absolute Gasteiger partial charge is 0.369 e. The number of hydrogen-bond acceptors (Lipinski definition) is 5. The number of hydrogen-bond donors (Lipinski definition) is 0. The number of benzene rings is 1. The number of anilines is 1. The summed E-state index contributed by atoms with van der Waals surface area (Å²) in [6.07, 6.45) is 8.38. The molecular formula is C23H26N6. The summed E-state index contributed by atoms with van der Waals surface area (Å²) in [5.74, 6) is 0. The number of pyridine rings is 1. The fourth-order valence-electron chi connectivity index (χ4n) is 4.39. The highest BCUT2D eigenvalue weighted by Gasteiger charge is 2.22. The van der Waals surface area contributed by atoms with Gasteiger partial charge in [-0.15, -0.1) is 0 Å². The first-order valence-electron chi connectivity index (χ1n) is 10.2. The molecule has 0 aliphatic carbocycles. The first-order chi connectivity index (χ1) is 14.1. The Kier molecular flexibility index (Phi) is 4.43. The maximum Gasteiger partial charge on any atom is 0.162 e. The van der Waals surface area contributed by atoms with Crippen molar-refractivity contribution in [3.8, 4) is 11.1 Å². The lowest BCUT2D eigenvalue weighted by Gasteiger charge is -2.36. The highest BCUT2D eigenvalue weighted by Crippen LogP contribution is 2.31. The van der Waals surface area contributed by atoms with Crippen molar-refractivity contribution in [3.63, 3.8) is 0 Å². The van der Waals surface area contributed by atoms with Crippen LogP contribution in [0.5, 0.6) is 0 Å². The van der Waals surface area contributed by atoms with E-state index in [0.717, 1.165) is 52.1 Å². The molecule has 0 atom stereocenters. The van der Waals surface area contributed by atoms with E-state index in [1.54, 1.807) is 0 Å². The van der Waals surface area contributed by atoms with Crippen LogP contribution in [0.2, 0.25) is 0 Å². The predicted octanol–water partition coefficient (Wildman–Crippen LogP) is 3.78. The molecule has 4 aromatic rings. The van der Waals surface area contributed by atoms with Gasteiger partial charge in [-0.2, -0.15) is 5.10 Å². The molecule has 0 amide bonds. The second-order valence-electron chi connectivity index (χ2n) is 8.15. The Morgan fingerprint density at radius 1 is 1.03 bits per heavy atom. The monoisotopic (exact) mass is 386 g/mol. The molecular weight excluding hydrogens is 360 g/mol. The van der Waals surface area contributed by atoms with Crippen molar-refractivity contribution in [2.45, 2.75) is 25.8 Å². The lowest BCUT2D eigenvalue weighted by atomic mass is 10.0. The molecule has 0 bridgehead atoms. The van der Waals surface area contributed by atoms with Crippen molar-refractivity contribution in [1.29, 1.82) is 0 Å². The van der Waals surface area contributed by atoms with Crippen LogP contribution in [0.3, 0.4) is 0 Å². The van der Waals surface area contributed by atoms with E-state index in [9.17, 15) is 0 Å². The molecule has 1 saturated heterocycles. The molecule has 29 heavy (non-hydrogen) atoms. The number of fused-ring (bicyclic) bond motifs is 2. The van der Waals surface area contributed by atoms with Gasteiger partial charge in [0.2, 0.25) is 0 Å². The average molecular weight is 387 g/mol. The minimum atomic E-state index is 0.669. The number of nitrogens with zero attached hydrogens (tertiary/aromatic N) is 6. The van der Waals surface area contributed by atoms with Crippen LogP contribution in [0.25, 0.3) is 27.7 Å². The van der Waals surface area contributed by atoms with Gasteiger partial charge >= 0.3 is 0 Å². The van der Waals surface area contributed by atoms with Crippen molar-refractivity contribution in [1.82, 2.24) is 24.5 Å². The molecule has 6 nitrogen and oxygen atoms in total. The third-order valence-corrected chi connectivity index (χ3v) is 6.04. The Balaban J connectivity index is 1.51. The van der Waals surface area contributed by atoms with E-state index in [2.05, 4.69) is 64.4 Å². The standard InChI is InChI=1S/C23H26N6/c1-16-12-20(19-6-4-5-7-22(19)26-16)21-14-25-29-15-18(13-24-23(21)29)28-10-8-17(9-11-28)27(2)3/h4-7,12-15,17H,8-11H2,1-3H3. The van der Waals surface area contributed by atoms with Crippen LogP contribution in [0.4, 0.5) is 5.69 Å². The Morgan fingerprint density at radius 3 is 2.62 bits per heavy atom. The van der Waals surface area contributed by atoms with E-state index >= 15 is 0 Å². The summed E-state index contributed by atoms with van der Waals surface area (Å²) in [5.41, 5.74) is 6.20. The van der Waals surface area contributed by atoms with Gasteiger partial charge in [0.25, 0.3) is 0 Å². The smallest absolute Gasteiger partial charge is 0.162 e. The number of aryl methyl sites for hydroxylation is 1. The van der Waals surface area contributed by atoms with Gasteiger partial charge in [-0.05, 0) is 51.6 Å². The molecule has 0 unspecified atom stereocenters. The number of piperidine rings is 1. The van der Waals surface area contributed by atoms with E-state index in [1.807, 2.05) is 29.9 Å². The van der Waals surface area contributed by atoms with Crippen LogP contribution in [0, 0.1) is 6.92 Å². The summed E-state index contributed by atoms with van der Waals surface area (Å²) in [6.45, 7) is 4.14. The Labute approximate surface area is 170 Å². The molecule has 1 fully saturated rings. The van der Waals surface area contributed by atoms with Crippen molar-refractivity contribution in [2.24, 2.45) is 0 Å². The lowest BCUT2D eigenvalue weighted by molar-refractivity contribution is 0.249. The van der Waals surface area contributed by atoms with E-state index in [-0.39, 0.29) is 0 Å². The first-order valence-corrected chi connectivity index (χ1v) is 10.2. The zero-order valence-corrected chi connectivity index (χ0v) is 17.2. The normalized spacial score (nSPS) is 15.7. The van der Waals surface area contributed by atoms with Gasteiger partial charge in [0.1, 0.15) is 0 Å². The maximum absolute atomic E-state index is 4.81. The van der Waals surface area contributed by atoms with Gasteiger partial charge in [0.05, 0.1) is 29.8 Å². The molecule has 0 spiro atoms. The highest BCUT2D eigenvalue weighted by molar-refractivity contribution is 5.98. The minimum absolute atomic E-state index is 0.669. The molecule has 148 valence electrons. The van der Waals surface area contributed by atoms with Crippen molar-refractivity contribution >= 4 is 22.2 Å². The second kappa shape index (κ2) is 7.12. The SMILES string of the molecule is Cc1cc(-c2cnn3cc(N4CCC(N(C)C)CC4)cnc23)c2ccccc2n1. The third kappa shape index (κ3) is 3.23.